The fourth-order valence-corrected chi connectivity index (χ4v) is 2.18. The average molecular weight is 247 g/mol. The molecule has 0 unspecified atom stereocenters. The fourth-order valence-electron chi connectivity index (χ4n) is 2.18. The highest BCUT2D eigenvalue weighted by Crippen LogP contribution is 2.26. The van der Waals surface area contributed by atoms with Crippen molar-refractivity contribution in [2.45, 2.75) is 33.2 Å². The highest BCUT2D eigenvalue weighted by Gasteiger charge is 2.20. The number of nitrogens with one attached hydrogen (secondary N) is 2. The Hall–Kier alpha value is -1.71. The van der Waals surface area contributed by atoms with E-state index in [1.54, 1.807) is 6.07 Å². The number of anilines is 2. The maximum absolute atomic E-state index is 11.5. The van der Waals surface area contributed by atoms with Crippen molar-refractivity contribution in [1.82, 2.24) is 5.32 Å². The molecule has 0 bridgehead atoms. The van der Waals surface area contributed by atoms with Crippen LogP contribution >= 0.6 is 0 Å². The summed E-state index contributed by atoms with van der Waals surface area (Å²) in [4.78, 5) is 11.5. The first kappa shape index (κ1) is 12.7. The van der Waals surface area contributed by atoms with Gasteiger partial charge >= 0.3 is 0 Å². The van der Waals surface area contributed by atoms with Gasteiger partial charge in [0.1, 0.15) is 0 Å². The number of fused-ring (bicyclic) bond motifs is 1. The van der Waals surface area contributed by atoms with Gasteiger partial charge in [0.05, 0.1) is 11.4 Å². The topological polar surface area (TPSA) is 67.1 Å². The second-order valence-electron chi connectivity index (χ2n) is 5.24. The molecule has 1 aromatic rings. The zero-order valence-electron chi connectivity index (χ0n) is 11.0. The first-order chi connectivity index (χ1) is 8.58. The SMILES string of the molecule is CC(C)CCCNc1cc2c(cc1N)C(=O)NC2. The molecule has 18 heavy (non-hydrogen) atoms. The summed E-state index contributed by atoms with van der Waals surface area (Å²) >= 11 is 0. The van der Waals surface area contributed by atoms with E-state index in [1.807, 2.05) is 6.07 Å². The number of benzene rings is 1. The van der Waals surface area contributed by atoms with E-state index >= 15 is 0 Å². The molecule has 0 saturated heterocycles. The Kier molecular flexibility index (Phi) is 3.75. The minimum absolute atomic E-state index is 0.0249. The zero-order valence-corrected chi connectivity index (χ0v) is 11.0. The maximum Gasteiger partial charge on any atom is 0.251 e. The molecule has 0 aliphatic carbocycles. The highest BCUT2D eigenvalue weighted by atomic mass is 16.1. The van der Waals surface area contributed by atoms with E-state index in [0.717, 1.165) is 30.1 Å². The first-order valence-corrected chi connectivity index (χ1v) is 6.52. The molecule has 1 amide bonds. The highest BCUT2D eigenvalue weighted by molar-refractivity contribution is 6.00. The summed E-state index contributed by atoms with van der Waals surface area (Å²) < 4.78 is 0. The average Bonchev–Trinajstić information content (AvgIpc) is 2.66. The molecular formula is C14H21N3O. The molecule has 0 spiro atoms. The monoisotopic (exact) mass is 247 g/mol. The van der Waals surface area contributed by atoms with Crippen LogP contribution in [0.4, 0.5) is 11.4 Å². The molecule has 1 aliphatic rings. The Bertz CT molecular complexity index is 455. The number of carbonyl (C=O) groups excluding carboxylic acids is 1. The van der Waals surface area contributed by atoms with Crippen LogP contribution in [0.1, 0.15) is 42.6 Å². The van der Waals surface area contributed by atoms with Crippen molar-refractivity contribution in [3.05, 3.63) is 23.3 Å². The molecule has 1 aromatic carbocycles. The van der Waals surface area contributed by atoms with Crippen molar-refractivity contribution in [3.63, 3.8) is 0 Å². The summed E-state index contributed by atoms with van der Waals surface area (Å²) in [7, 11) is 0. The number of rotatable bonds is 5. The molecule has 0 saturated carbocycles. The third-order valence-electron chi connectivity index (χ3n) is 3.23. The van der Waals surface area contributed by atoms with Gasteiger partial charge in [-0.15, -0.1) is 0 Å². The molecule has 0 fully saturated rings. The van der Waals surface area contributed by atoms with Crippen molar-refractivity contribution in [2.24, 2.45) is 5.92 Å². The van der Waals surface area contributed by atoms with E-state index in [-0.39, 0.29) is 5.91 Å². The molecule has 4 N–H and O–H groups in total. The molecule has 1 heterocycles. The van der Waals surface area contributed by atoms with Crippen LogP contribution in [0.25, 0.3) is 0 Å². The summed E-state index contributed by atoms with van der Waals surface area (Å²) in [6, 6.07) is 3.75. The van der Waals surface area contributed by atoms with E-state index in [9.17, 15) is 4.79 Å². The zero-order chi connectivity index (χ0) is 13.1. The minimum atomic E-state index is -0.0249. The second kappa shape index (κ2) is 5.29. The van der Waals surface area contributed by atoms with Gasteiger partial charge < -0.3 is 16.4 Å². The van der Waals surface area contributed by atoms with Gasteiger partial charge in [-0.25, -0.2) is 0 Å². The van der Waals surface area contributed by atoms with Crippen LogP contribution in [-0.2, 0) is 6.54 Å². The minimum Gasteiger partial charge on any atom is -0.397 e. The normalized spacial score (nSPS) is 13.6. The molecule has 4 heteroatoms. The van der Waals surface area contributed by atoms with Gasteiger partial charge in [-0.3, -0.25) is 4.79 Å². The fraction of sp³-hybridized carbons (Fsp3) is 0.500. The van der Waals surface area contributed by atoms with Crippen LogP contribution < -0.4 is 16.4 Å². The third kappa shape index (κ3) is 2.75. The molecule has 0 atom stereocenters. The predicted octanol–water partition coefficient (Wildman–Crippen LogP) is 2.36. The Morgan fingerprint density at radius 2 is 2.22 bits per heavy atom. The van der Waals surface area contributed by atoms with E-state index in [4.69, 9.17) is 5.73 Å². The maximum atomic E-state index is 11.5. The summed E-state index contributed by atoms with van der Waals surface area (Å²) in [6.45, 7) is 5.97. The smallest absolute Gasteiger partial charge is 0.251 e. The van der Waals surface area contributed by atoms with E-state index in [1.165, 1.54) is 6.42 Å². The Morgan fingerprint density at radius 1 is 1.44 bits per heavy atom. The standard InChI is InChI=1S/C14H21N3O/c1-9(2)4-3-5-16-13-6-10-8-17-14(18)11(10)7-12(13)15/h6-7,9,16H,3-5,8,15H2,1-2H3,(H,17,18). The molecule has 1 aliphatic heterocycles. The third-order valence-corrected chi connectivity index (χ3v) is 3.23. The number of hydrogen-bond donors (Lipinski definition) is 3. The lowest BCUT2D eigenvalue weighted by molar-refractivity contribution is 0.0966. The van der Waals surface area contributed by atoms with Crippen LogP contribution in [0, 0.1) is 5.92 Å². The van der Waals surface area contributed by atoms with Crippen molar-refractivity contribution in [2.75, 3.05) is 17.6 Å². The number of amides is 1. The summed E-state index contributed by atoms with van der Waals surface area (Å²) in [5.41, 5.74) is 9.28. The van der Waals surface area contributed by atoms with Gasteiger partial charge in [-0.05, 0) is 36.5 Å². The van der Waals surface area contributed by atoms with Gasteiger partial charge in [-0.1, -0.05) is 13.8 Å². The number of nitrogens with two attached hydrogens (primary N) is 1. The Morgan fingerprint density at radius 3 is 2.94 bits per heavy atom. The lowest BCUT2D eigenvalue weighted by Gasteiger charge is -2.11. The summed E-state index contributed by atoms with van der Waals surface area (Å²) in [5, 5.41) is 6.15. The van der Waals surface area contributed by atoms with Crippen LogP contribution in [0.5, 0.6) is 0 Å². The van der Waals surface area contributed by atoms with Gasteiger partial charge in [0.15, 0.2) is 0 Å². The quantitative estimate of drug-likeness (QED) is 0.552. The van der Waals surface area contributed by atoms with Gasteiger partial charge in [-0.2, -0.15) is 0 Å². The molecule has 0 radical (unpaired) electrons. The summed E-state index contributed by atoms with van der Waals surface area (Å²) in [5.74, 6) is 0.703. The van der Waals surface area contributed by atoms with Gasteiger partial charge in [0.2, 0.25) is 0 Å². The lowest BCUT2D eigenvalue weighted by atomic mass is 10.1. The lowest BCUT2D eigenvalue weighted by Crippen LogP contribution is -2.12. The molecule has 0 aromatic heterocycles. The number of nitrogen functional groups attached to an aromatic ring is 1. The van der Waals surface area contributed by atoms with Crippen LogP contribution in [0.15, 0.2) is 12.1 Å². The second-order valence-corrected chi connectivity index (χ2v) is 5.24. The molecule has 98 valence electrons. The largest absolute Gasteiger partial charge is 0.397 e. The molecule has 4 nitrogen and oxygen atoms in total. The van der Waals surface area contributed by atoms with Crippen molar-refractivity contribution >= 4 is 17.3 Å². The van der Waals surface area contributed by atoms with Crippen LogP contribution in [-0.4, -0.2) is 12.5 Å². The van der Waals surface area contributed by atoms with Crippen molar-refractivity contribution in [1.29, 1.82) is 0 Å². The predicted molar refractivity (Wildman–Crippen MR) is 74.6 cm³/mol. The number of carbonyl (C=O) groups is 1. The van der Waals surface area contributed by atoms with E-state index in [0.29, 0.717) is 17.8 Å². The van der Waals surface area contributed by atoms with Crippen molar-refractivity contribution < 1.29 is 4.79 Å². The molecular weight excluding hydrogens is 226 g/mol. The van der Waals surface area contributed by atoms with E-state index in [2.05, 4.69) is 24.5 Å². The first-order valence-electron chi connectivity index (χ1n) is 6.52. The van der Waals surface area contributed by atoms with Gasteiger partial charge in [0, 0.05) is 18.7 Å². The van der Waals surface area contributed by atoms with Crippen LogP contribution in [0.3, 0.4) is 0 Å². The van der Waals surface area contributed by atoms with Gasteiger partial charge in [0.25, 0.3) is 5.91 Å². The Balaban J connectivity index is 1.99. The van der Waals surface area contributed by atoms with Crippen LogP contribution in [0.2, 0.25) is 0 Å². The van der Waals surface area contributed by atoms with Crippen molar-refractivity contribution in [3.8, 4) is 0 Å². The van der Waals surface area contributed by atoms with E-state index < -0.39 is 0 Å². The summed E-state index contributed by atoms with van der Waals surface area (Å²) in [6.07, 6.45) is 2.34. The Labute approximate surface area is 108 Å². The number of hydrogen-bond acceptors (Lipinski definition) is 3. The molecule has 2 rings (SSSR count).